The quantitative estimate of drug-likeness (QED) is 0.895. The second-order valence-electron chi connectivity index (χ2n) is 6.10. The van der Waals surface area contributed by atoms with Crippen molar-refractivity contribution in [2.24, 2.45) is 0 Å². The van der Waals surface area contributed by atoms with Crippen molar-refractivity contribution in [3.05, 3.63) is 53.6 Å². The van der Waals surface area contributed by atoms with Gasteiger partial charge >= 0.3 is 0 Å². The maximum atomic E-state index is 12.5. The van der Waals surface area contributed by atoms with Gasteiger partial charge < -0.3 is 19.7 Å². The van der Waals surface area contributed by atoms with Crippen LogP contribution in [0.4, 0.5) is 5.69 Å². The number of nitrogens with one attached hydrogen (secondary N) is 1. The Balaban J connectivity index is 1.73. The van der Waals surface area contributed by atoms with Gasteiger partial charge in [0.2, 0.25) is 0 Å². The normalized spacial score (nSPS) is 13.4. The minimum absolute atomic E-state index is 0.0175. The van der Waals surface area contributed by atoms with Crippen LogP contribution in [0.1, 0.15) is 33.6 Å². The Bertz CT molecular complexity index is 796. The zero-order valence-electron chi connectivity index (χ0n) is 15.0. The number of benzene rings is 2. The van der Waals surface area contributed by atoms with Gasteiger partial charge in [0.1, 0.15) is 11.5 Å². The van der Waals surface area contributed by atoms with Gasteiger partial charge in [0.05, 0.1) is 19.9 Å². The van der Waals surface area contributed by atoms with E-state index >= 15 is 0 Å². The highest BCUT2D eigenvalue weighted by molar-refractivity contribution is 6.05. The summed E-state index contributed by atoms with van der Waals surface area (Å²) < 4.78 is 10.5. The van der Waals surface area contributed by atoms with E-state index in [4.69, 9.17) is 9.47 Å². The number of anilines is 1. The molecule has 0 atom stereocenters. The molecule has 2 amide bonds. The zero-order chi connectivity index (χ0) is 18.5. The summed E-state index contributed by atoms with van der Waals surface area (Å²) in [6.45, 7) is 1.60. The molecule has 136 valence electrons. The third-order valence-electron chi connectivity index (χ3n) is 4.44. The molecule has 2 aromatic rings. The second-order valence-corrected chi connectivity index (χ2v) is 6.10. The standard InChI is InChI=1S/C20H22N2O4/c1-25-16-9-10-18(26-2)17(13-16)21-19(23)14-5-7-15(8-6-14)20(24)22-11-3-4-12-22/h5-10,13H,3-4,11-12H2,1-2H3,(H,21,23). The van der Waals surface area contributed by atoms with Crippen LogP contribution < -0.4 is 14.8 Å². The number of carbonyl (C=O) groups is 2. The van der Waals surface area contributed by atoms with Crippen molar-refractivity contribution in [2.45, 2.75) is 12.8 Å². The van der Waals surface area contributed by atoms with Crippen LogP contribution in [0.15, 0.2) is 42.5 Å². The lowest BCUT2D eigenvalue weighted by molar-refractivity contribution is 0.0792. The molecule has 1 saturated heterocycles. The third kappa shape index (κ3) is 3.79. The summed E-state index contributed by atoms with van der Waals surface area (Å²) in [6.07, 6.45) is 2.10. The first-order valence-corrected chi connectivity index (χ1v) is 8.55. The lowest BCUT2D eigenvalue weighted by Crippen LogP contribution is -2.27. The zero-order valence-corrected chi connectivity index (χ0v) is 15.0. The molecule has 1 aliphatic rings. The van der Waals surface area contributed by atoms with Gasteiger partial charge in [-0.1, -0.05) is 0 Å². The number of likely N-dealkylation sites (tertiary alicyclic amines) is 1. The van der Waals surface area contributed by atoms with Crippen LogP contribution in [-0.2, 0) is 0 Å². The van der Waals surface area contributed by atoms with Crippen molar-refractivity contribution in [2.75, 3.05) is 32.6 Å². The van der Waals surface area contributed by atoms with Crippen LogP contribution in [-0.4, -0.2) is 44.0 Å². The van der Waals surface area contributed by atoms with Crippen molar-refractivity contribution in [1.29, 1.82) is 0 Å². The number of amides is 2. The number of methoxy groups -OCH3 is 2. The Labute approximate surface area is 152 Å². The molecule has 0 spiro atoms. The lowest BCUT2D eigenvalue weighted by atomic mass is 10.1. The smallest absolute Gasteiger partial charge is 0.255 e. The van der Waals surface area contributed by atoms with Crippen molar-refractivity contribution in [3.8, 4) is 11.5 Å². The van der Waals surface area contributed by atoms with Crippen LogP contribution >= 0.6 is 0 Å². The summed E-state index contributed by atoms with van der Waals surface area (Å²) in [5, 5.41) is 2.82. The summed E-state index contributed by atoms with van der Waals surface area (Å²) in [5.74, 6) is 0.897. The summed E-state index contributed by atoms with van der Waals surface area (Å²) in [4.78, 5) is 26.7. The minimum atomic E-state index is -0.281. The number of ether oxygens (including phenoxy) is 2. The van der Waals surface area contributed by atoms with Crippen LogP contribution in [0.3, 0.4) is 0 Å². The maximum Gasteiger partial charge on any atom is 0.255 e. The molecule has 1 aliphatic heterocycles. The summed E-state index contributed by atoms with van der Waals surface area (Å²) >= 11 is 0. The molecule has 0 unspecified atom stereocenters. The van der Waals surface area contributed by atoms with E-state index in [2.05, 4.69) is 5.32 Å². The fraction of sp³-hybridized carbons (Fsp3) is 0.300. The largest absolute Gasteiger partial charge is 0.497 e. The first-order chi connectivity index (χ1) is 12.6. The molecule has 0 bridgehead atoms. The molecule has 1 N–H and O–H groups in total. The second kappa shape index (κ2) is 7.91. The average Bonchev–Trinajstić information content (AvgIpc) is 3.22. The molecule has 26 heavy (non-hydrogen) atoms. The predicted molar refractivity (Wildman–Crippen MR) is 99.1 cm³/mol. The van der Waals surface area contributed by atoms with Crippen LogP contribution in [0.25, 0.3) is 0 Å². The van der Waals surface area contributed by atoms with Gasteiger partial charge in [-0.2, -0.15) is 0 Å². The Hall–Kier alpha value is -3.02. The molecule has 0 saturated carbocycles. The highest BCUT2D eigenvalue weighted by Crippen LogP contribution is 2.29. The first kappa shape index (κ1) is 17.8. The van der Waals surface area contributed by atoms with Crippen molar-refractivity contribution in [1.82, 2.24) is 4.90 Å². The molecule has 1 heterocycles. The monoisotopic (exact) mass is 354 g/mol. The van der Waals surface area contributed by atoms with Crippen molar-refractivity contribution < 1.29 is 19.1 Å². The summed E-state index contributed by atoms with van der Waals surface area (Å²) in [7, 11) is 3.10. The van der Waals surface area contributed by atoms with Crippen LogP contribution in [0, 0.1) is 0 Å². The SMILES string of the molecule is COc1ccc(OC)c(NC(=O)c2ccc(C(=O)N3CCCC3)cc2)c1. The van der Waals surface area contributed by atoms with E-state index in [0.29, 0.717) is 28.3 Å². The number of hydrogen-bond acceptors (Lipinski definition) is 4. The molecule has 6 nitrogen and oxygen atoms in total. The highest BCUT2D eigenvalue weighted by Gasteiger charge is 2.19. The van der Waals surface area contributed by atoms with Gasteiger partial charge in [-0.3, -0.25) is 9.59 Å². The first-order valence-electron chi connectivity index (χ1n) is 8.55. The Morgan fingerprint density at radius 2 is 1.58 bits per heavy atom. The number of nitrogens with zero attached hydrogens (tertiary/aromatic N) is 1. The average molecular weight is 354 g/mol. The van der Waals surface area contributed by atoms with Gasteiger partial charge in [0, 0.05) is 30.3 Å². The van der Waals surface area contributed by atoms with Gasteiger partial charge in [-0.05, 0) is 49.2 Å². The topological polar surface area (TPSA) is 67.9 Å². The fourth-order valence-electron chi connectivity index (χ4n) is 2.97. The minimum Gasteiger partial charge on any atom is -0.497 e. The maximum absolute atomic E-state index is 12.5. The molecule has 0 aliphatic carbocycles. The van der Waals surface area contributed by atoms with E-state index in [-0.39, 0.29) is 11.8 Å². The summed E-state index contributed by atoms with van der Waals surface area (Å²) in [5.41, 5.74) is 1.59. The lowest BCUT2D eigenvalue weighted by Gasteiger charge is -2.15. The van der Waals surface area contributed by atoms with E-state index in [1.54, 1.807) is 49.6 Å². The van der Waals surface area contributed by atoms with Gasteiger partial charge in [0.15, 0.2) is 0 Å². The molecular weight excluding hydrogens is 332 g/mol. The van der Waals surface area contributed by atoms with Crippen molar-refractivity contribution in [3.63, 3.8) is 0 Å². The highest BCUT2D eigenvalue weighted by atomic mass is 16.5. The Morgan fingerprint density at radius 1 is 0.923 bits per heavy atom. The summed E-state index contributed by atoms with van der Waals surface area (Å²) in [6, 6.07) is 11.9. The van der Waals surface area contributed by atoms with Crippen LogP contribution in [0.2, 0.25) is 0 Å². The number of hydrogen-bond donors (Lipinski definition) is 1. The van der Waals surface area contributed by atoms with Gasteiger partial charge in [0.25, 0.3) is 11.8 Å². The third-order valence-corrected chi connectivity index (χ3v) is 4.44. The van der Waals surface area contributed by atoms with E-state index in [9.17, 15) is 9.59 Å². The van der Waals surface area contributed by atoms with Gasteiger partial charge in [-0.25, -0.2) is 0 Å². The molecule has 6 heteroatoms. The Kier molecular flexibility index (Phi) is 5.41. The Morgan fingerprint density at radius 3 is 2.19 bits per heavy atom. The number of carbonyl (C=O) groups excluding carboxylic acids is 2. The molecule has 1 fully saturated rings. The van der Waals surface area contributed by atoms with Crippen molar-refractivity contribution >= 4 is 17.5 Å². The predicted octanol–water partition coefficient (Wildman–Crippen LogP) is 3.19. The molecule has 3 rings (SSSR count). The molecule has 2 aromatic carbocycles. The number of rotatable bonds is 5. The van der Waals surface area contributed by atoms with E-state index in [1.807, 2.05) is 4.90 Å². The van der Waals surface area contributed by atoms with E-state index in [1.165, 1.54) is 7.11 Å². The van der Waals surface area contributed by atoms with E-state index in [0.717, 1.165) is 25.9 Å². The van der Waals surface area contributed by atoms with Gasteiger partial charge in [-0.15, -0.1) is 0 Å². The molecule has 0 aromatic heterocycles. The molecule has 0 radical (unpaired) electrons. The van der Waals surface area contributed by atoms with E-state index < -0.39 is 0 Å². The fourth-order valence-corrected chi connectivity index (χ4v) is 2.97. The molecular formula is C20H22N2O4. The van der Waals surface area contributed by atoms with Crippen LogP contribution in [0.5, 0.6) is 11.5 Å².